The highest BCUT2D eigenvalue weighted by Crippen LogP contribution is 2.45. The summed E-state index contributed by atoms with van der Waals surface area (Å²) in [5, 5.41) is 26.5. The average Bonchev–Trinajstić information content (AvgIpc) is 3.57. The lowest BCUT2D eigenvalue weighted by molar-refractivity contribution is -0.134. The zero-order valence-electron chi connectivity index (χ0n) is 16.9. The molecule has 2 aromatic rings. The van der Waals surface area contributed by atoms with Gasteiger partial charge in [-0.15, -0.1) is 0 Å². The van der Waals surface area contributed by atoms with Gasteiger partial charge in [0, 0.05) is 24.5 Å². The van der Waals surface area contributed by atoms with Gasteiger partial charge in [0.25, 0.3) is 0 Å². The molecule has 4 rings (SSSR count). The van der Waals surface area contributed by atoms with E-state index in [1.807, 2.05) is 19.9 Å². The number of hydrogen-bond donors (Lipinski definition) is 3. The van der Waals surface area contributed by atoms with Crippen molar-refractivity contribution in [3.05, 3.63) is 35.7 Å². The van der Waals surface area contributed by atoms with E-state index in [0.29, 0.717) is 35.0 Å². The summed E-state index contributed by atoms with van der Waals surface area (Å²) in [7, 11) is 0. The molecule has 0 spiro atoms. The zero-order valence-corrected chi connectivity index (χ0v) is 16.9. The molecule has 2 aliphatic rings. The van der Waals surface area contributed by atoms with E-state index in [0.717, 1.165) is 18.5 Å². The van der Waals surface area contributed by atoms with E-state index in [1.165, 1.54) is 12.8 Å². The lowest BCUT2D eigenvalue weighted by Crippen LogP contribution is -2.60. The molecule has 2 heterocycles. The van der Waals surface area contributed by atoms with Crippen LogP contribution in [0, 0.1) is 29.1 Å². The van der Waals surface area contributed by atoms with E-state index in [1.54, 1.807) is 18.5 Å². The topological polar surface area (TPSA) is 111 Å². The van der Waals surface area contributed by atoms with Crippen molar-refractivity contribution >= 4 is 16.9 Å². The van der Waals surface area contributed by atoms with Gasteiger partial charge < -0.3 is 15.7 Å². The number of nitrogens with zero attached hydrogens (tertiary/aromatic N) is 3. The largest absolute Gasteiger partial charge is 0.383 e. The first-order valence-electron chi connectivity index (χ1n) is 10.3. The minimum absolute atomic E-state index is 0.180. The molecule has 1 aromatic heterocycles. The smallest absolute Gasteiger partial charge is 0.249 e. The Morgan fingerprint density at radius 3 is 2.66 bits per heavy atom. The second-order valence-electron chi connectivity index (χ2n) is 8.72. The van der Waals surface area contributed by atoms with Gasteiger partial charge in [-0.1, -0.05) is 19.9 Å². The third kappa shape index (κ3) is 3.70. The first kappa shape index (κ1) is 19.7. The van der Waals surface area contributed by atoms with E-state index < -0.39 is 11.6 Å². The number of nitrogens with one attached hydrogen (secondary N) is 2. The number of carbonyl (C=O) groups is 1. The minimum Gasteiger partial charge on any atom is -0.383 e. The van der Waals surface area contributed by atoms with Crippen molar-refractivity contribution in [3.8, 4) is 6.07 Å². The average molecular weight is 393 g/mol. The molecule has 29 heavy (non-hydrogen) atoms. The van der Waals surface area contributed by atoms with Crippen LogP contribution >= 0.6 is 0 Å². The van der Waals surface area contributed by atoms with Gasteiger partial charge in [-0.3, -0.25) is 14.8 Å². The summed E-state index contributed by atoms with van der Waals surface area (Å²) in [6.45, 7) is 5.12. The summed E-state index contributed by atoms with van der Waals surface area (Å²) < 4.78 is 0. The van der Waals surface area contributed by atoms with Gasteiger partial charge in [-0.05, 0) is 49.6 Å². The molecule has 7 heteroatoms. The van der Waals surface area contributed by atoms with Crippen molar-refractivity contribution < 1.29 is 9.90 Å². The van der Waals surface area contributed by atoms with Crippen LogP contribution in [0.15, 0.2) is 24.5 Å². The summed E-state index contributed by atoms with van der Waals surface area (Å²) in [5.41, 5.74) is 1.77. The summed E-state index contributed by atoms with van der Waals surface area (Å²) in [4.78, 5) is 21.8. The molecule has 152 valence electrons. The summed E-state index contributed by atoms with van der Waals surface area (Å²) in [5.74, 6) is 0.562. The van der Waals surface area contributed by atoms with Crippen LogP contribution in [-0.2, 0) is 10.3 Å². The van der Waals surface area contributed by atoms with Crippen molar-refractivity contribution in [2.45, 2.75) is 44.8 Å². The highest BCUT2D eigenvalue weighted by molar-refractivity contribution is 5.87. The molecule has 1 aromatic carbocycles. The number of aromatic nitrogens is 2. The van der Waals surface area contributed by atoms with Crippen LogP contribution < -0.4 is 10.6 Å². The summed E-state index contributed by atoms with van der Waals surface area (Å²) in [6, 6.07) is 5.81. The Labute approximate surface area is 170 Å². The van der Waals surface area contributed by atoms with E-state index in [4.69, 9.17) is 0 Å². The minimum atomic E-state index is -1.08. The molecule has 7 nitrogen and oxygen atoms in total. The molecule has 1 aliphatic heterocycles. The Hall–Kier alpha value is -2.56. The number of aliphatic hydroxyl groups is 1. The third-order valence-electron chi connectivity index (χ3n) is 6.26. The fraction of sp³-hybridized carbons (Fsp3) is 0.545. The fourth-order valence-corrected chi connectivity index (χ4v) is 4.48. The molecule has 2 fully saturated rings. The molecule has 1 aliphatic carbocycles. The maximum atomic E-state index is 12.9. The number of nitriles is 1. The second-order valence-corrected chi connectivity index (χ2v) is 8.72. The standard InChI is InChI=1S/C22H27N5O2/c1-13(2)20(28)21(29)27-22(9-16(11-24-12-22)14-3-4-14)17-6-5-15(10-23)18-19(17)26-8-7-25-18/h5-8,13-14,16,20,24,28H,3-4,9,11-12H2,1-2H3,(H,27,29)/t16-,20+,22-/m1/s1. The second kappa shape index (κ2) is 7.69. The van der Waals surface area contributed by atoms with Crippen LogP contribution in [0.1, 0.15) is 44.2 Å². The number of hydrogen-bond acceptors (Lipinski definition) is 6. The normalized spacial score (nSPS) is 25.6. The van der Waals surface area contributed by atoms with Crippen LogP contribution in [0.25, 0.3) is 11.0 Å². The predicted molar refractivity (Wildman–Crippen MR) is 109 cm³/mol. The van der Waals surface area contributed by atoms with Crippen molar-refractivity contribution in [2.75, 3.05) is 13.1 Å². The van der Waals surface area contributed by atoms with Crippen LogP contribution in [0.5, 0.6) is 0 Å². The Morgan fingerprint density at radius 1 is 1.28 bits per heavy atom. The molecule has 1 saturated carbocycles. The number of aliphatic hydroxyl groups excluding tert-OH is 1. The first-order valence-corrected chi connectivity index (χ1v) is 10.3. The molecule has 0 bridgehead atoms. The lowest BCUT2D eigenvalue weighted by atomic mass is 9.75. The third-order valence-corrected chi connectivity index (χ3v) is 6.26. The van der Waals surface area contributed by atoms with E-state index in [-0.39, 0.29) is 11.8 Å². The van der Waals surface area contributed by atoms with Crippen LogP contribution in [0.3, 0.4) is 0 Å². The van der Waals surface area contributed by atoms with Crippen LogP contribution in [-0.4, -0.2) is 40.2 Å². The van der Waals surface area contributed by atoms with Gasteiger partial charge in [-0.25, -0.2) is 0 Å². The van der Waals surface area contributed by atoms with E-state index in [9.17, 15) is 15.2 Å². The van der Waals surface area contributed by atoms with Crippen molar-refractivity contribution in [2.24, 2.45) is 17.8 Å². The Balaban J connectivity index is 1.82. The summed E-state index contributed by atoms with van der Waals surface area (Å²) >= 11 is 0. The molecular formula is C22H27N5O2. The number of carbonyl (C=O) groups excluding carboxylic acids is 1. The van der Waals surface area contributed by atoms with Crippen molar-refractivity contribution in [1.29, 1.82) is 5.26 Å². The van der Waals surface area contributed by atoms with Gasteiger partial charge in [0.2, 0.25) is 5.91 Å². The molecule has 0 radical (unpaired) electrons. The number of piperidine rings is 1. The van der Waals surface area contributed by atoms with Crippen LogP contribution in [0.4, 0.5) is 0 Å². The Kier molecular flexibility index (Phi) is 5.24. The SMILES string of the molecule is CC(C)[C@H](O)C(=O)N[C@@]1(c2ccc(C#N)c3nccnc23)CNC[C@H](C2CC2)C1. The molecule has 3 N–H and O–H groups in total. The maximum Gasteiger partial charge on any atom is 0.249 e. The van der Waals surface area contributed by atoms with Crippen molar-refractivity contribution in [1.82, 2.24) is 20.6 Å². The number of amides is 1. The highest BCUT2D eigenvalue weighted by Gasteiger charge is 2.45. The number of benzene rings is 1. The highest BCUT2D eigenvalue weighted by atomic mass is 16.3. The first-order chi connectivity index (χ1) is 13.9. The van der Waals surface area contributed by atoms with Crippen molar-refractivity contribution in [3.63, 3.8) is 0 Å². The maximum absolute atomic E-state index is 12.9. The van der Waals surface area contributed by atoms with Gasteiger partial charge in [0.05, 0.1) is 16.6 Å². The van der Waals surface area contributed by atoms with Gasteiger partial charge in [0.1, 0.15) is 17.7 Å². The Morgan fingerprint density at radius 2 is 2.00 bits per heavy atom. The molecule has 0 unspecified atom stereocenters. The lowest BCUT2D eigenvalue weighted by Gasteiger charge is -2.43. The van der Waals surface area contributed by atoms with Crippen LogP contribution in [0.2, 0.25) is 0 Å². The van der Waals surface area contributed by atoms with Gasteiger partial charge in [0.15, 0.2) is 0 Å². The Bertz CT molecular complexity index is 965. The summed E-state index contributed by atoms with van der Waals surface area (Å²) in [6.07, 6.45) is 5.33. The molecular weight excluding hydrogens is 366 g/mol. The fourth-order valence-electron chi connectivity index (χ4n) is 4.48. The molecule has 3 atom stereocenters. The predicted octanol–water partition coefficient (Wildman–Crippen LogP) is 1.85. The number of rotatable bonds is 5. The van der Waals surface area contributed by atoms with Gasteiger partial charge >= 0.3 is 0 Å². The number of fused-ring (bicyclic) bond motifs is 1. The van der Waals surface area contributed by atoms with Gasteiger partial charge in [-0.2, -0.15) is 5.26 Å². The zero-order chi connectivity index (χ0) is 20.6. The molecule has 1 amide bonds. The van der Waals surface area contributed by atoms with E-state index in [2.05, 4.69) is 26.7 Å². The molecule has 1 saturated heterocycles. The van der Waals surface area contributed by atoms with E-state index >= 15 is 0 Å². The quantitative estimate of drug-likeness (QED) is 0.715. The monoisotopic (exact) mass is 393 g/mol.